The lowest BCUT2D eigenvalue weighted by atomic mass is 10.1. The maximum absolute atomic E-state index is 9.73. The zero-order valence-corrected chi connectivity index (χ0v) is 12.3. The van der Waals surface area contributed by atoms with E-state index in [0.717, 1.165) is 13.1 Å². The molecule has 2 N–H and O–H groups in total. The van der Waals surface area contributed by atoms with Gasteiger partial charge < -0.3 is 14.7 Å². The van der Waals surface area contributed by atoms with Crippen molar-refractivity contribution in [1.82, 2.24) is 10.3 Å². The lowest BCUT2D eigenvalue weighted by Crippen LogP contribution is -2.40. The molecule has 0 aliphatic carbocycles. The maximum atomic E-state index is 9.73. The summed E-state index contributed by atoms with van der Waals surface area (Å²) in [4.78, 5) is 2.11. The van der Waals surface area contributed by atoms with Crippen LogP contribution in [0.1, 0.15) is 24.8 Å². The molecule has 0 amide bonds. The third kappa shape index (κ3) is 3.84. The summed E-state index contributed by atoms with van der Waals surface area (Å²) in [6, 6.07) is 4.98. The Hall–Kier alpha value is -1.82. The van der Waals surface area contributed by atoms with Crippen LogP contribution in [0, 0.1) is 0 Å². The molecule has 1 heterocycles. The molecule has 1 fully saturated rings. The molecule has 20 heavy (non-hydrogen) atoms. The predicted octanol–water partition coefficient (Wildman–Crippen LogP) is 2.10. The van der Waals surface area contributed by atoms with E-state index < -0.39 is 0 Å². The SMILES string of the molecule is COc1ccc(O)c(C=NNC(=S)N2CCCCC2)c1. The second kappa shape index (κ2) is 7.09. The summed E-state index contributed by atoms with van der Waals surface area (Å²) >= 11 is 5.28. The van der Waals surface area contributed by atoms with Gasteiger partial charge >= 0.3 is 0 Å². The molecule has 0 bridgehead atoms. The van der Waals surface area contributed by atoms with Gasteiger partial charge in [0.05, 0.1) is 13.3 Å². The van der Waals surface area contributed by atoms with Crippen LogP contribution in [-0.2, 0) is 0 Å². The van der Waals surface area contributed by atoms with Crippen LogP contribution in [-0.4, -0.2) is 41.5 Å². The average molecular weight is 293 g/mol. The molecule has 5 nitrogen and oxygen atoms in total. The summed E-state index contributed by atoms with van der Waals surface area (Å²) in [7, 11) is 1.58. The minimum atomic E-state index is 0.153. The molecule has 1 aliphatic rings. The van der Waals surface area contributed by atoms with E-state index in [2.05, 4.69) is 15.4 Å². The van der Waals surface area contributed by atoms with Crippen molar-refractivity contribution in [3.8, 4) is 11.5 Å². The molecule has 0 unspecified atom stereocenters. The summed E-state index contributed by atoms with van der Waals surface area (Å²) in [6.45, 7) is 1.96. The van der Waals surface area contributed by atoms with Crippen LogP contribution in [0.5, 0.6) is 11.5 Å². The Labute approximate surface area is 124 Å². The number of phenols is 1. The van der Waals surface area contributed by atoms with Gasteiger partial charge in [0.2, 0.25) is 0 Å². The van der Waals surface area contributed by atoms with E-state index in [9.17, 15) is 5.11 Å². The van der Waals surface area contributed by atoms with Crippen molar-refractivity contribution in [3.63, 3.8) is 0 Å². The molecule has 6 heteroatoms. The summed E-state index contributed by atoms with van der Waals surface area (Å²) in [5.74, 6) is 0.822. The number of piperidine rings is 1. The molecule has 2 rings (SSSR count). The largest absolute Gasteiger partial charge is 0.507 e. The molecule has 1 saturated heterocycles. The second-order valence-corrected chi connectivity index (χ2v) is 5.03. The quantitative estimate of drug-likeness (QED) is 0.508. The molecular weight excluding hydrogens is 274 g/mol. The van der Waals surface area contributed by atoms with Crippen molar-refractivity contribution >= 4 is 23.5 Å². The van der Waals surface area contributed by atoms with Gasteiger partial charge in [0.25, 0.3) is 0 Å². The first kappa shape index (κ1) is 14.6. The number of hydrogen-bond donors (Lipinski definition) is 2. The van der Waals surface area contributed by atoms with Crippen LogP contribution >= 0.6 is 12.2 Å². The highest BCUT2D eigenvalue weighted by Crippen LogP contribution is 2.20. The van der Waals surface area contributed by atoms with Crippen LogP contribution in [0.25, 0.3) is 0 Å². The van der Waals surface area contributed by atoms with E-state index in [1.54, 1.807) is 25.3 Å². The van der Waals surface area contributed by atoms with Crippen molar-refractivity contribution in [2.45, 2.75) is 19.3 Å². The fourth-order valence-corrected chi connectivity index (χ4v) is 2.32. The van der Waals surface area contributed by atoms with Crippen molar-refractivity contribution in [3.05, 3.63) is 23.8 Å². The van der Waals surface area contributed by atoms with Gasteiger partial charge in [-0.1, -0.05) is 0 Å². The standard InChI is InChI=1S/C14H19N3O2S/c1-19-12-5-6-13(18)11(9-12)10-15-16-14(20)17-7-3-2-4-8-17/h5-6,9-10,18H,2-4,7-8H2,1H3,(H,16,20). The fourth-order valence-electron chi connectivity index (χ4n) is 2.09. The topological polar surface area (TPSA) is 57.1 Å². The zero-order chi connectivity index (χ0) is 14.4. The first-order valence-corrected chi connectivity index (χ1v) is 7.06. The van der Waals surface area contributed by atoms with Gasteiger partial charge in [-0.3, -0.25) is 5.43 Å². The lowest BCUT2D eigenvalue weighted by Gasteiger charge is -2.28. The Morgan fingerprint density at radius 1 is 1.40 bits per heavy atom. The Kier molecular flexibility index (Phi) is 5.17. The normalized spacial score (nSPS) is 15.3. The number of aromatic hydroxyl groups is 1. The molecule has 1 aliphatic heterocycles. The fraction of sp³-hybridized carbons (Fsp3) is 0.429. The molecule has 0 atom stereocenters. The highest BCUT2D eigenvalue weighted by Gasteiger charge is 2.12. The zero-order valence-electron chi connectivity index (χ0n) is 11.5. The lowest BCUT2D eigenvalue weighted by molar-refractivity contribution is 0.338. The number of ether oxygens (including phenoxy) is 1. The Morgan fingerprint density at radius 3 is 2.85 bits per heavy atom. The summed E-state index contributed by atoms with van der Waals surface area (Å²) in [5.41, 5.74) is 3.42. The van der Waals surface area contributed by atoms with Gasteiger partial charge in [0.1, 0.15) is 11.5 Å². The number of hydrazone groups is 1. The number of nitrogens with zero attached hydrogens (tertiary/aromatic N) is 2. The summed E-state index contributed by atoms with van der Waals surface area (Å²) < 4.78 is 5.11. The minimum absolute atomic E-state index is 0.153. The first-order chi connectivity index (χ1) is 9.70. The highest BCUT2D eigenvalue weighted by atomic mass is 32.1. The van der Waals surface area contributed by atoms with Gasteiger partial charge in [0.15, 0.2) is 5.11 Å². The number of methoxy groups -OCH3 is 1. The van der Waals surface area contributed by atoms with Gasteiger partial charge in [0, 0.05) is 18.7 Å². The van der Waals surface area contributed by atoms with Crippen molar-refractivity contribution < 1.29 is 9.84 Å². The molecule has 0 radical (unpaired) electrons. The number of benzene rings is 1. The first-order valence-electron chi connectivity index (χ1n) is 6.65. The van der Waals surface area contributed by atoms with E-state index in [-0.39, 0.29) is 5.75 Å². The van der Waals surface area contributed by atoms with Crippen molar-refractivity contribution in [1.29, 1.82) is 0 Å². The predicted molar refractivity (Wildman–Crippen MR) is 83.4 cm³/mol. The molecule has 108 valence electrons. The maximum Gasteiger partial charge on any atom is 0.189 e. The van der Waals surface area contributed by atoms with Gasteiger partial charge in [-0.25, -0.2) is 0 Å². The number of rotatable bonds is 3. The molecule has 0 saturated carbocycles. The molecule has 1 aromatic carbocycles. The van der Waals surface area contributed by atoms with E-state index in [1.165, 1.54) is 25.5 Å². The Bertz CT molecular complexity index is 499. The van der Waals surface area contributed by atoms with Crippen LogP contribution < -0.4 is 10.2 Å². The third-order valence-electron chi connectivity index (χ3n) is 3.24. The molecule has 0 spiro atoms. The number of nitrogens with one attached hydrogen (secondary N) is 1. The van der Waals surface area contributed by atoms with E-state index in [0.29, 0.717) is 16.4 Å². The average Bonchev–Trinajstić information content (AvgIpc) is 2.50. The molecular formula is C14H19N3O2S. The van der Waals surface area contributed by atoms with Crippen molar-refractivity contribution in [2.75, 3.05) is 20.2 Å². The van der Waals surface area contributed by atoms with Crippen molar-refractivity contribution in [2.24, 2.45) is 5.10 Å². The Balaban J connectivity index is 1.94. The smallest absolute Gasteiger partial charge is 0.189 e. The minimum Gasteiger partial charge on any atom is -0.507 e. The highest BCUT2D eigenvalue weighted by molar-refractivity contribution is 7.80. The Morgan fingerprint density at radius 2 is 2.15 bits per heavy atom. The third-order valence-corrected chi connectivity index (χ3v) is 3.59. The van der Waals surface area contributed by atoms with E-state index in [4.69, 9.17) is 17.0 Å². The number of likely N-dealkylation sites (tertiary alicyclic amines) is 1. The second-order valence-electron chi connectivity index (χ2n) is 4.65. The molecule has 0 aromatic heterocycles. The summed E-state index contributed by atoms with van der Waals surface area (Å²) in [5, 5.41) is 14.4. The van der Waals surface area contributed by atoms with Gasteiger partial charge in [-0.2, -0.15) is 5.10 Å². The van der Waals surface area contributed by atoms with E-state index in [1.807, 2.05) is 0 Å². The van der Waals surface area contributed by atoms with Gasteiger partial charge in [-0.05, 0) is 49.7 Å². The monoisotopic (exact) mass is 293 g/mol. The van der Waals surface area contributed by atoms with Crippen LogP contribution in [0.15, 0.2) is 23.3 Å². The number of hydrogen-bond acceptors (Lipinski definition) is 4. The summed E-state index contributed by atoms with van der Waals surface area (Å²) in [6.07, 6.45) is 5.14. The van der Waals surface area contributed by atoms with Crippen LogP contribution in [0.4, 0.5) is 0 Å². The van der Waals surface area contributed by atoms with Crippen LogP contribution in [0.3, 0.4) is 0 Å². The van der Waals surface area contributed by atoms with Crippen LogP contribution in [0.2, 0.25) is 0 Å². The van der Waals surface area contributed by atoms with E-state index >= 15 is 0 Å². The number of phenolic OH excluding ortho intramolecular Hbond substituents is 1. The molecule has 1 aromatic rings. The van der Waals surface area contributed by atoms with Gasteiger partial charge in [-0.15, -0.1) is 0 Å². The number of thiocarbonyl (C=S) groups is 1.